The van der Waals surface area contributed by atoms with Gasteiger partial charge in [0.25, 0.3) is 0 Å². The smallest absolute Gasteiger partial charge is 0.159 e. The summed E-state index contributed by atoms with van der Waals surface area (Å²) in [5.41, 5.74) is 0.941. The van der Waals surface area contributed by atoms with Crippen molar-refractivity contribution in [3.05, 3.63) is 76.9 Å². The summed E-state index contributed by atoms with van der Waals surface area (Å²) in [7, 11) is -1.86. The van der Waals surface area contributed by atoms with Crippen molar-refractivity contribution in [1.29, 1.82) is 0 Å². The molecule has 0 heterocycles. The zero-order valence-electron chi connectivity index (χ0n) is 17.8. The number of hydrogen-bond donors (Lipinski definition) is 0. The standard InChI is InChI=1S/C22H30OP.C2H6/c1-7-14-19(9-3)24(6,20-16-12-11-13-17-20)22(15-8-2)21(10-4)18(5)23;1-2/h7-9,11-17H,10H2,1-6H3;1-2H3/q+1;/b14-7-,15-8-,19-9+,22-21-;. The normalized spacial score (nSPS) is 15.3. The predicted molar refractivity (Wildman–Crippen MR) is 122 cm³/mol. The van der Waals surface area contributed by atoms with Gasteiger partial charge in [-0.15, -0.1) is 0 Å². The molecule has 1 nitrogen and oxygen atoms in total. The quantitative estimate of drug-likeness (QED) is 0.279. The average Bonchev–Trinajstić information content (AvgIpc) is 2.67. The summed E-state index contributed by atoms with van der Waals surface area (Å²) in [6.45, 7) is 16.2. The van der Waals surface area contributed by atoms with Crippen molar-refractivity contribution in [3.8, 4) is 0 Å². The molecular weight excluding hydrogens is 335 g/mol. The van der Waals surface area contributed by atoms with Gasteiger partial charge in [-0.2, -0.15) is 0 Å². The van der Waals surface area contributed by atoms with E-state index in [1.165, 1.54) is 15.9 Å². The molecule has 0 bridgehead atoms. The maximum atomic E-state index is 12.3. The third kappa shape index (κ3) is 5.64. The highest BCUT2D eigenvalue weighted by Gasteiger charge is 2.43. The van der Waals surface area contributed by atoms with Gasteiger partial charge in [0, 0.05) is 5.57 Å². The lowest BCUT2D eigenvalue weighted by Gasteiger charge is -2.26. The van der Waals surface area contributed by atoms with Crippen LogP contribution in [0.1, 0.15) is 54.9 Å². The van der Waals surface area contributed by atoms with Gasteiger partial charge >= 0.3 is 0 Å². The molecule has 142 valence electrons. The fourth-order valence-corrected chi connectivity index (χ4v) is 7.00. The molecule has 0 aliphatic heterocycles. The molecule has 0 aliphatic carbocycles. The van der Waals surface area contributed by atoms with Crippen LogP contribution in [0, 0.1) is 0 Å². The highest BCUT2D eigenvalue weighted by atomic mass is 31.2. The topological polar surface area (TPSA) is 17.1 Å². The summed E-state index contributed by atoms with van der Waals surface area (Å²) in [4.78, 5) is 12.3. The lowest BCUT2D eigenvalue weighted by atomic mass is 10.1. The summed E-state index contributed by atoms with van der Waals surface area (Å²) >= 11 is 0. The third-order valence-corrected chi connectivity index (χ3v) is 8.47. The minimum absolute atomic E-state index is 0.170. The number of allylic oxidation sites excluding steroid dienone is 8. The van der Waals surface area contributed by atoms with Gasteiger partial charge in [-0.05, 0) is 64.5 Å². The summed E-state index contributed by atoms with van der Waals surface area (Å²) in [5.74, 6) is 0.170. The van der Waals surface area contributed by atoms with E-state index < -0.39 is 7.26 Å². The predicted octanol–water partition coefficient (Wildman–Crippen LogP) is 7.29. The zero-order valence-corrected chi connectivity index (χ0v) is 18.7. The minimum atomic E-state index is -1.86. The molecule has 2 heteroatoms. The van der Waals surface area contributed by atoms with E-state index in [0.29, 0.717) is 0 Å². The largest absolute Gasteiger partial charge is 0.295 e. The molecular formula is C24H36OP+. The van der Waals surface area contributed by atoms with Crippen molar-refractivity contribution in [2.45, 2.75) is 54.9 Å². The average molecular weight is 372 g/mol. The Hall–Kier alpha value is -1.72. The maximum Gasteiger partial charge on any atom is 0.159 e. The highest BCUT2D eigenvalue weighted by molar-refractivity contribution is 7.90. The van der Waals surface area contributed by atoms with Crippen LogP contribution >= 0.6 is 7.26 Å². The van der Waals surface area contributed by atoms with Gasteiger partial charge in [-0.3, -0.25) is 4.79 Å². The first-order valence-electron chi connectivity index (χ1n) is 9.56. The van der Waals surface area contributed by atoms with E-state index >= 15 is 0 Å². The van der Waals surface area contributed by atoms with E-state index in [1.807, 2.05) is 33.8 Å². The number of rotatable bonds is 7. The lowest BCUT2D eigenvalue weighted by molar-refractivity contribution is -0.113. The fraction of sp³-hybridized carbons (Fsp3) is 0.375. The van der Waals surface area contributed by atoms with E-state index in [9.17, 15) is 4.79 Å². The van der Waals surface area contributed by atoms with Gasteiger partial charge in [0.05, 0.1) is 12.0 Å². The van der Waals surface area contributed by atoms with Crippen LogP contribution in [0.25, 0.3) is 0 Å². The van der Waals surface area contributed by atoms with E-state index in [2.05, 4.69) is 75.2 Å². The highest BCUT2D eigenvalue weighted by Crippen LogP contribution is 2.69. The number of Topliss-reactive ketones (excluding diaryl/α,β-unsaturated/α-hetero) is 1. The summed E-state index contributed by atoms with van der Waals surface area (Å²) < 4.78 is 0. The van der Waals surface area contributed by atoms with Crippen LogP contribution in [0.2, 0.25) is 0 Å². The van der Waals surface area contributed by atoms with Crippen molar-refractivity contribution in [3.63, 3.8) is 0 Å². The molecule has 1 aromatic rings. The minimum Gasteiger partial charge on any atom is -0.295 e. The number of carbonyl (C=O) groups is 1. The van der Waals surface area contributed by atoms with E-state index in [1.54, 1.807) is 6.92 Å². The van der Waals surface area contributed by atoms with Crippen LogP contribution in [0.3, 0.4) is 0 Å². The second-order valence-electron chi connectivity index (χ2n) is 5.83. The molecule has 0 fully saturated rings. The SMILES string of the molecule is C/C=C\C(=C(/CC)C(C)=O)[P+](C)(C(/C=C\C)=C/C)c1ccccc1.CC. The molecule has 0 radical (unpaired) electrons. The van der Waals surface area contributed by atoms with Gasteiger partial charge in [0.15, 0.2) is 5.78 Å². The molecule has 1 unspecified atom stereocenters. The summed E-state index contributed by atoms with van der Waals surface area (Å²) in [6, 6.07) is 10.6. The van der Waals surface area contributed by atoms with Crippen molar-refractivity contribution in [2.24, 2.45) is 0 Å². The molecule has 0 amide bonds. The maximum absolute atomic E-state index is 12.3. The Morgan fingerprint density at radius 2 is 1.54 bits per heavy atom. The first-order valence-corrected chi connectivity index (χ1v) is 11.8. The number of benzene rings is 1. The Labute approximate surface area is 161 Å². The van der Waals surface area contributed by atoms with Crippen molar-refractivity contribution in [1.82, 2.24) is 0 Å². The molecule has 1 atom stereocenters. The van der Waals surface area contributed by atoms with Gasteiger partial charge in [-0.1, -0.05) is 51.1 Å². The summed E-state index contributed by atoms with van der Waals surface area (Å²) in [5, 5.41) is 3.80. The lowest BCUT2D eigenvalue weighted by Crippen LogP contribution is -2.15. The Morgan fingerprint density at radius 3 is 1.92 bits per heavy atom. The molecule has 26 heavy (non-hydrogen) atoms. The molecule has 0 spiro atoms. The first kappa shape index (κ1) is 24.3. The second-order valence-corrected chi connectivity index (χ2v) is 9.36. The van der Waals surface area contributed by atoms with Crippen LogP contribution < -0.4 is 5.30 Å². The van der Waals surface area contributed by atoms with Crippen molar-refractivity contribution in [2.75, 3.05) is 6.66 Å². The summed E-state index contributed by atoms with van der Waals surface area (Å²) in [6.07, 6.45) is 11.4. The number of ketones is 1. The Kier molecular flexibility index (Phi) is 11.8. The van der Waals surface area contributed by atoms with Crippen molar-refractivity contribution < 1.29 is 4.79 Å². The molecule has 1 rings (SSSR count). The Morgan fingerprint density at radius 1 is 1.00 bits per heavy atom. The second kappa shape index (κ2) is 12.6. The molecule has 1 aromatic carbocycles. The van der Waals surface area contributed by atoms with E-state index in [4.69, 9.17) is 0 Å². The first-order chi connectivity index (χ1) is 12.5. The molecule has 0 aliphatic rings. The van der Waals surface area contributed by atoms with Gasteiger partial charge in [-0.25, -0.2) is 0 Å². The van der Waals surface area contributed by atoms with Crippen LogP contribution in [-0.2, 0) is 4.79 Å². The number of carbonyl (C=O) groups excluding carboxylic acids is 1. The zero-order chi connectivity index (χ0) is 20.2. The van der Waals surface area contributed by atoms with Crippen LogP contribution in [0.4, 0.5) is 0 Å². The fourth-order valence-electron chi connectivity index (χ4n) is 3.12. The van der Waals surface area contributed by atoms with Crippen molar-refractivity contribution >= 4 is 18.4 Å². The Bertz CT molecular complexity index is 677. The van der Waals surface area contributed by atoms with Crippen LogP contribution in [0.15, 0.2) is 76.9 Å². The van der Waals surface area contributed by atoms with E-state index in [-0.39, 0.29) is 5.78 Å². The monoisotopic (exact) mass is 371 g/mol. The number of hydrogen-bond acceptors (Lipinski definition) is 1. The van der Waals surface area contributed by atoms with Gasteiger partial charge in [0.1, 0.15) is 17.9 Å². The van der Waals surface area contributed by atoms with Gasteiger partial charge < -0.3 is 0 Å². The molecule has 0 saturated carbocycles. The molecule has 0 N–H and O–H groups in total. The Balaban J connectivity index is 0.00000301. The van der Waals surface area contributed by atoms with Crippen LogP contribution in [0.5, 0.6) is 0 Å². The molecule has 0 aromatic heterocycles. The molecule has 0 saturated heterocycles. The van der Waals surface area contributed by atoms with Crippen LogP contribution in [-0.4, -0.2) is 12.4 Å². The third-order valence-electron chi connectivity index (χ3n) is 4.32. The van der Waals surface area contributed by atoms with Gasteiger partial charge in [0.2, 0.25) is 0 Å². The van der Waals surface area contributed by atoms with E-state index in [0.717, 1.165) is 12.0 Å².